The highest BCUT2D eigenvalue weighted by molar-refractivity contribution is 6.34. The number of nitro groups is 1. The molecule has 5 nitrogen and oxygen atoms in total. The lowest BCUT2D eigenvalue weighted by molar-refractivity contribution is -0.384. The molecule has 0 spiro atoms. The zero-order chi connectivity index (χ0) is 16.4. The summed E-state index contributed by atoms with van der Waals surface area (Å²) in [6, 6.07) is 6.08. The van der Waals surface area contributed by atoms with Crippen LogP contribution in [0.15, 0.2) is 36.4 Å². The van der Waals surface area contributed by atoms with Crippen molar-refractivity contribution in [2.75, 3.05) is 11.9 Å². The third-order valence-electron chi connectivity index (χ3n) is 2.97. The molecule has 0 unspecified atom stereocenters. The van der Waals surface area contributed by atoms with Crippen LogP contribution in [-0.2, 0) is 0 Å². The number of rotatable bonds is 3. The molecule has 0 N–H and O–H groups in total. The molecule has 0 radical (unpaired) electrons. The van der Waals surface area contributed by atoms with Gasteiger partial charge in [-0.05, 0) is 18.2 Å². The van der Waals surface area contributed by atoms with E-state index in [1.807, 2.05) is 0 Å². The molecule has 0 saturated heterocycles. The topological polar surface area (TPSA) is 63.5 Å². The molecule has 22 heavy (non-hydrogen) atoms. The number of non-ortho nitro benzene ring substituents is 1. The molecular formula is C14H9ClF2N2O3. The Kier molecular flexibility index (Phi) is 4.37. The Morgan fingerprint density at radius 2 is 1.91 bits per heavy atom. The summed E-state index contributed by atoms with van der Waals surface area (Å²) in [5.74, 6) is -2.47. The predicted molar refractivity (Wildman–Crippen MR) is 77.2 cm³/mol. The van der Waals surface area contributed by atoms with E-state index in [0.29, 0.717) is 6.07 Å². The second kappa shape index (κ2) is 6.07. The van der Waals surface area contributed by atoms with Gasteiger partial charge in [0.25, 0.3) is 11.6 Å². The summed E-state index contributed by atoms with van der Waals surface area (Å²) in [4.78, 5) is 23.3. The van der Waals surface area contributed by atoms with Gasteiger partial charge in [-0.3, -0.25) is 14.9 Å². The number of benzene rings is 2. The number of hydrogen-bond acceptors (Lipinski definition) is 3. The van der Waals surface area contributed by atoms with Crippen molar-refractivity contribution >= 4 is 28.9 Å². The van der Waals surface area contributed by atoms with E-state index in [0.717, 1.165) is 29.2 Å². The van der Waals surface area contributed by atoms with Crippen LogP contribution < -0.4 is 4.90 Å². The molecule has 0 heterocycles. The van der Waals surface area contributed by atoms with Crippen LogP contribution in [0.4, 0.5) is 20.2 Å². The van der Waals surface area contributed by atoms with E-state index in [1.54, 1.807) is 0 Å². The molecule has 0 aliphatic carbocycles. The molecule has 0 fully saturated rings. The van der Waals surface area contributed by atoms with Gasteiger partial charge in [0.2, 0.25) is 0 Å². The minimum absolute atomic E-state index is 0.00929. The summed E-state index contributed by atoms with van der Waals surface area (Å²) in [6.07, 6.45) is 0. The Hall–Kier alpha value is -2.54. The fraction of sp³-hybridized carbons (Fsp3) is 0.0714. The summed E-state index contributed by atoms with van der Waals surface area (Å²) in [5, 5.41) is 10.7. The van der Waals surface area contributed by atoms with Gasteiger partial charge in [0.05, 0.1) is 21.2 Å². The fourth-order valence-electron chi connectivity index (χ4n) is 1.83. The minimum Gasteiger partial charge on any atom is -0.309 e. The maximum Gasteiger partial charge on any atom is 0.270 e. The molecule has 114 valence electrons. The number of carbonyl (C=O) groups excluding carboxylic acids is 1. The van der Waals surface area contributed by atoms with Gasteiger partial charge >= 0.3 is 0 Å². The lowest BCUT2D eigenvalue weighted by Crippen LogP contribution is -2.27. The Balaban J connectivity index is 2.42. The second-order valence-corrected chi connectivity index (χ2v) is 4.79. The summed E-state index contributed by atoms with van der Waals surface area (Å²) < 4.78 is 26.6. The van der Waals surface area contributed by atoms with Gasteiger partial charge in [-0.2, -0.15) is 0 Å². The molecule has 8 heteroatoms. The summed E-state index contributed by atoms with van der Waals surface area (Å²) in [5.41, 5.74) is -0.642. The normalized spacial score (nSPS) is 10.4. The molecule has 0 aliphatic rings. The molecule has 0 aliphatic heterocycles. The molecule has 0 atom stereocenters. The van der Waals surface area contributed by atoms with Crippen molar-refractivity contribution in [2.24, 2.45) is 0 Å². The highest BCUT2D eigenvalue weighted by atomic mass is 35.5. The molecule has 2 aromatic rings. The summed E-state index contributed by atoms with van der Waals surface area (Å²) in [7, 11) is 1.26. The first-order chi connectivity index (χ1) is 10.3. The van der Waals surface area contributed by atoms with Crippen molar-refractivity contribution in [3.8, 4) is 0 Å². The van der Waals surface area contributed by atoms with E-state index in [9.17, 15) is 23.7 Å². The largest absolute Gasteiger partial charge is 0.309 e. The molecule has 1 amide bonds. The smallest absolute Gasteiger partial charge is 0.270 e. The van der Waals surface area contributed by atoms with Gasteiger partial charge in [-0.1, -0.05) is 11.6 Å². The van der Waals surface area contributed by atoms with E-state index >= 15 is 0 Å². The van der Waals surface area contributed by atoms with Crippen molar-refractivity contribution in [3.63, 3.8) is 0 Å². The Labute approximate surface area is 128 Å². The second-order valence-electron chi connectivity index (χ2n) is 4.38. The molecule has 2 aromatic carbocycles. The number of anilines is 1. The number of amides is 1. The number of halogens is 3. The first kappa shape index (κ1) is 15.8. The van der Waals surface area contributed by atoms with Gasteiger partial charge in [-0.15, -0.1) is 0 Å². The fourth-order valence-corrected chi connectivity index (χ4v) is 2.03. The summed E-state index contributed by atoms with van der Waals surface area (Å²) >= 11 is 5.87. The van der Waals surface area contributed by atoms with Crippen molar-refractivity contribution in [1.82, 2.24) is 0 Å². The minimum atomic E-state index is -0.933. The summed E-state index contributed by atoms with van der Waals surface area (Å²) in [6.45, 7) is 0. The first-order valence-corrected chi connectivity index (χ1v) is 6.36. The molecule has 0 saturated carbocycles. The lowest BCUT2D eigenvalue weighted by atomic mass is 10.1. The number of nitro benzene ring substituents is 1. The molecular weight excluding hydrogens is 318 g/mol. The van der Waals surface area contributed by atoms with E-state index in [2.05, 4.69) is 0 Å². The third kappa shape index (κ3) is 3.04. The van der Waals surface area contributed by atoms with Crippen LogP contribution in [0, 0.1) is 21.7 Å². The monoisotopic (exact) mass is 326 g/mol. The van der Waals surface area contributed by atoms with Crippen LogP contribution >= 0.6 is 11.6 Å². The quantitative estimate of drug-likeness (QED) is 0.636. The van der Waals surface area contributed by atoms with E-state index in [4.69, 9.17) is 11.6 Å². The van der Waals surface area contributed by atoms with Crippen LogP contribution in [0.25, 0.3) is 0 Å². The van der Waals surface area contributed by atoms with Gasteiger partial charge in [-0.25, -0.2) is 8.78 Å². The zero-order valence-electron chi connectivity index (χ0n) is 11.2. The van der Waals surface area contributed by atoms with Crippen LogP contribution in [0.2, 0.25) is 5.02 Å². The Morgan fingerprint density at radius 3 is 2.50 bits per heavy atom. The number of hydrogen-bond donors (Lipinski definition) is 0. The van der Waals surface area contributed by atoms with Gasteiger partial charge in [0, 0.05) is 25.2 Å². The third-order valence-corrected chi connectivity index (χ3v) is 3.30. The molecule has 0 aromatic heterocycles. The predicted octanol–water partition coefficient (Wildman–Crippen LogP) is 3.80. The van der Waals surface area contributed by atoms with E-state index in [1.165, 1.54) is 13.1 Å². The number of nitrogens with zero attached hydrogens (tertiary/aromatic N) is 2. The van der Waals surface area contributed by atoms with Crippen LogP contribution in [0.1, 0.15) is 10.4 Å². The van der Waals surface area contributed by atoms with Gasteiger partial charge < -0.3 is 4.90 Å². The Bertz CT molecular complexity index is 768. The van der Waals surface area contributed by atoms with E-state index in [-0.39, 0.29) is 22.0 Å². The number of carbonyl (C=O) groups is 1. The maximum absolute atomic E-state index is 13.7. The van der Waals surface area contributed by atoms with E-state index < -0.39 is 22.5 Å². The first-order valence-electron chi connectivity index (χ1n) is 5.98. The zero-order valence-corrected chi connectivity index (χ0v) is 12.0. The van der Waals surface area contributed by atoms with Gasteiger partial charge in [0.1, 0.15) is 11.6 Å². The molecule has 0 bridgehead atoms. The lowest BCUT2D eigenvalue weighted by Gasteiger charge is -2.18. The molecule has 2 rings (SSSR count). The standard InChI is InChI=1S/C14H9ClF2N2O3/c1-18(13-5-2-8(16)6-12(13)17)14(20)10-7-9(19(21)22)3-4-11(10)15/h2-7H,1H3. The maximum atomic E-state index is 13.7. The van der Waals surface area contributed by atoms with Crippen molar-refractivity contribution < 1.29 is 18.5 Å². The van der Waals surface area contributed by atoms with Crippen molar-refractivity contribution in [3.05, 3.63) is 68.7 Å². The van der Waals surface area contributed by atoms with Crippen molar-refractivity contribution in [1.29, 1.82) is 0 Å². The van der Waals surface area contributed by atoms with Crippen LogP contribution in [-0.4, -0.2) is 17.9 Å². The van der Waals surface area contributed by atoms with Crippen LogP contribution in [0.5, 0.6) is 0 Å². The highest BCUT2D eigenvalue weighted by Crippen LogP contribution is 2.26. The average molecular weight is 327 g/mol. The SMILES string of the molecule is CN(C(=O)c1cc([N+](=O)[O-])ccc1Cl)c1ccc(F)cc1F. The van der Waals surface area contributed by atoms with Gasteiger partial charge in [0.15, 0.2) is 0 Å². The average Bonchev–Trinajstić information content (AvgIpc) is 2.46. The van der Waals surface area contributed by atoms with Crippen LogP contribution in [0.3, 0.4) is 0 Å². The Morgan fingerprint density at radius 1 is 1.23 bits per heavy atom. The highest BCUT2D eigenvalue weighted by Gasteiger charge is 2.22. The van der Waals surface area contributed by atoms with Crippen molar-refractivity contribution in [2.45, 2.75) is 0 Å².